The van der Waals surface area contributed by atoms with Crippen molar-refractivity contribution in [2.75, 3.05) is 13.1 Å². The predicted octanol–water partition coefficient (Wildman–Crippen LogP) is 4.02. The molecule has 3 rings (SSSR count). The number of hydrogen-bond acceptors (Lipinski definition) is 4. The molecule has 28 heavy (non-hydrogen) atoms. The number of nitrogens with one attached hydrogen (secondary N) is 1. The molecule has 0 fully saturated rings. The van der Waals surface area contributed by atoms with Crippen molar-refractivity contribution in [3.63, 3.8) is 0 Å². The number of amides is 2. The molecule has 0 radical (unpaired) electrons. The summed E-state index contributed by atoms with van der Waals surface area (Å²) in [5, 5.41) is 4.88. The third-order valence-electron chi connectivity index (χ3n) is 4.42. The first-order valence-electron chi connectivity index (χ1n) is 9.63. The van der Waals surface area contributed by atoms with Crippen LogP contribution in [-0.2, 0) is 6.54 Å². The Labute approximate surface area is 164 Å². The standard InChI is InChI=1S/C22H25N3O3/c1-3-11-23-21(26)19-15-28-20(24-19)14-25(12-4-2)22(27)18-10-9-16-7-5-6-8-17(16)13-18/h5-10,13,15H,3-4,11-12,14H2,1-2H3,(H,23,26). The molecular formula is C22H25N3O3. The number of hydrogen-bond donors (Lipinski definition) is 1. The molecule has 1 heterocycles. The lowest BCUT2D eigenvalue weighted by atomic mass is 10.1. The lowest BCUT2D eigenvalue weighted by Gasteiger charge is -2.20. The topological polar surface area (TPSA) is 75.4 Å². The molecule has 0 atom stereocenters. The number of aromatic nitrogens is 1. The van der Waals surface area contributed by atoms with Gasteiger partial charge >= 0.3 is 0 Å². The molecule has 0 saturated carbocycles. The van der Waals surface area contributed by atoms with Gasteiger partial charge in [-0.3, -0.25) is 9.59 Å². The number of rotatable bonds is 8. The predicted molar refractivity (Wildman–Crippen MR) is 108 cm³/mol. The van der Waals surface area contributed by atoms with Gasteiger partial charge in [-0.1, -0.05) is 44.2 Å². The van der Waals surface area contributed by atoms with Crippen LogP contribution in [0.3, 0.4) is 0 Å². The number of fused-ring (bicyclic) bond motifs is 1. The molecule has 3 aromatic rings. The van der Waals surface area contributed by atoms with E-state index in [1.165, 1.54) is 6.26 Å². The first-order valence-corrected chi connectivity index (χ1v) is 9.63. The molecule has 0 spiro atoms. The number of oxazole rings is 1. The normalized spacial score (nSPS) is 10.8. The summed E-state index contributed by atoms with van der Waals surface area (Å²) in [7, 11) is 0. The molecule has 0 bridgehead atoms. The molecule has 6 nitrogen and oxygen atoms in total. The third-order valence-corrected chi connectivity index (χ3v) is 4.42. The van der Waals surface area contributed by atoms with Gasteiger partial charge in [-0.2, -0.15) is 0 Å². The molecule has 0 unspecified atom stereocenters. The van der Waals surface area contributed by atoms with E-state index in [-0.39, 0.29) is 24.1 Å². The minimum Gasteiger partial charge on any atom is -0.446 e. The highest BCUT2D eigenvalue weighted by molar-refractivity contribution is 5.98. The summed E-state index contributed by atoms with van der Waals surface area (Å²) in [4.78, 5) is 31.0. The zero-order valence-electron chi connectivity index (χ0n) is 16.3. The fraction of sp³-hybridized carbons (Fsp3) is 0.318. The lowest BCUT2D eigenvalue weighted by molar-refractivity contribution is 0.0728. The van der Waals surface area contributed by atoms with Crippen LogP contribution in [0, 0.1) is 0 Å². The maximum absolute atomic E-state index is 13.0. The van der Waals surface area contributed by atoms with E-state index in [1.807, 2.05) is 56.3 Å². The van der Waals surface area contributed by atoms with Crippen LogP contribution in [0.5, 0.6) is 0 Å². The molecular weight excluding hydrogens is 354 g/mol. The second-order valence-corrected chi connectivity index (χ2v) is 6.67. The van der Waals surface area contributed by atoms with Crippen molar-refractivity contribution in [2.24, 2.45) is 0 Å². The Bertz CT molecular complexity index is 964. The van der Waals surface area contributed by atoms with Gasteiger partial charge < -0.3 is 14.6 Å². The first-order chi connectivity index (χ1) is 13.6. The maximum atomic E-state index is 13.0. The maximum Gasteiger partial charge on any atom is 0.273 e. The van der Waals surface area contributed by atoms with Gasteiger partial charge in [-0.05, 0) is 35.7 Å². The Morgan fingerprint density at radius 1 is 1.07 bits per heavy atom. The molecule has 0 saturated heterocycles. The van der Waals surface area contributed by atoms with E-state index in [4.69, 9.17) is 4.42 Å². The molecule has 6 heteroatoms. The number of benzene rings is 2. The monoisotopic (exact) mass is 379 g/mol. The van der Waals surface area contributed by atoms with Gasteiger partial charge in [0.05, 0.1) is 6.54 Å². The molecule has 1 N–H and O–H groups in total. The van der Waals surface area contributed by atoms with Gasteiger partial charge in [0, 0.05) is 18.7 Å². The molecule has 146 valence electrons. The lowest BCUT2D eigenvalue weighted by Crippen LogP contribution is -2.31. The molecule has 2 amide bonds. The van der Waals surface area contributed by atoms with Crippen molar-refractivity contribution in [1.82, 2.24) is 15.2 Å². The minimum absolute atomic E-state index is 0.0808. The molecule has 0 aliphatic rings. The van der Waals surface area contributed by atoms with E-state index >= 15 is 0 Å². The fourth-order valence-electron chi connectivity index (χ4n) is 3.01. The summed E-state index contributed by atoms with van der Waals surface area (Å²) in [6, 6.07) is 13.6. The first kappa shape index (κ1) is 19.6. The summed E-state index contributed by atoms with van der Waals surface area (Å²) in [5.74, 6) is 0.00627. The van der Waals surface area contributed by atoms with Crippen molar-refractivity contribution in [1.29, 1.82) is 0 Å². The van der Waals surface area contributed by atoms with Gasteiger partial charge in [0.15, 0.2) is 5.69 Å². The number of carbonyl (C=O) groups excluding carboxylic acids is 2. The number of nitrogens with zero attached hydrogens (tertiary/aromatic N) is 2. The Kier molecular flexibility index (Phi) is 6.42. The van der Waals surface area contributed by atoms with E-state index in [0.717, 1.165) is 23.6 Å². The van der Waals surface area contributed by atoms with E-state index in [9.17, 15) is 9.59 Å². The highest BCUT2D eigenvalue weighted by Gasteiger charge is 2.19. The summed E-state index contributed by atoms with van der Waals surface area (Å²) in [6.07, 6.45) is 3.00. The largest absolute Gasteiger partial charge is 0.446 e. The Hall–Kier alpha value is -3.15. The van der Waals surface area contributed by atoms with Crippen molar-refractivity contribution in [3.05, 3.63) is 65.9 Å². The van der Waals surface area contributed by atoms with Crippen molar-refractivity contribution >= 4 is 22.6 Å². The van der Waals surface area contributed by atoms with Gasteiger partial charge in [0.1, 0.15) is 6.26 Å². The summed E-state index contributed by atoms with van der Waals surface area (Å²) >= 11 is 0. The average molecular weight is 379 g/mol. The number of carbonyl (C=O) groups is 2. The minimum atomic E-state index is -0.264. The van der Waals surface area contributed by atoms with Crippen molar-refractivity contribution in [3.8, 4) is 0 Å². The Morgan fingerprint density at radius 3 is 2.61 bits per heavy atom. The summed E-state index contributed by atoms with van der Waals surface area (Å²) in [6.45, 7) is 5.38. The molecule has 2 aromatic carbocycles. The van der Waals surface area contributed by atoms with Crippen LogP contribution in [0.2, 0.25) is 0 Å². The summed E-state index contributed by atoms with van der Waals surface area (Å²) in [5.41, 5.74) is 0.859. The van der Waals surface area contributed by atoms with Gasteiger partial charge in [0.25, 0.3) is 11.8 Å². The van der Waals surface area contributed by atoms with Gasteiger partial charge in [-0.15, -0.1) is 0 Å². The Morgan fingerprint density at radius 2 is 1.86 bits per heavy atom. The van der Waals surface area contributed by atoms with Gasteiger partial charge in [0.2, 0.25) is 5.89 Å². The second-order valence-electron chi connectivity index (χ2n) is 6.67. The third kappa shape index (κ3) is 4.57. The van der Waals surface area contributed by atoms with Crippen LogP contribution in [0.4, 0.5) is 0 Å². The molecule has 1 aromatic heterocycles. The van der Waals surface area contributed by atoms with Crippen LogP contribution in [0.15, 0.2) is 53.1 Å². The van der Waals surface area contributed by atoms with Crippen LogP contribution in [0.1, 0.15) is 53.4 Å². The molecule has 0 aliphatic carbocycles. The van der Waals surface area contributed by atoms with Gasteiger partial charge in [-0.25, -0.2) is 4.98 Å². The quantitative estimate of drug-likeness (QED) is 0.641. The van der Waals surface area contributed by atoms with Crippen LogP contribution >= 0.6 is 0 Å². The van der Waals surface area contributed by atoms with E-state index in [0.29, 0.717) is 24.5 Å². The smallest absolute Gasteiger partial charge is 0.273 e. The van der Waals surface area contributed by atoms with Crippen LogP contribution < -0.4 is 5.32 Å². The van der Waals surface area contributed by atoms with Crippen molar-refractivity contribution in [2.45, 2.75) is 33.2 Å². The van der Waals surface area contributed by atoms with Crippen molar-refractivity contribution < 1.29 is 14.0 Å². The fourth-order valence-corrected chi connectivity index (χ4v) is 3.01. The van der Waals surface area contributed by atoms with Crippen LogP contribution in [0.25, 0.3) is 10.8 Å². The second kappa shape index (κ2) is 9.17. The SMILES string of the molecule is CCCNC(=O)c1coc(CN(CCC)C(=O)c2ccc3ccccc3c2)n1. The molecule has 0 aliphatic heterocycles. The van der Waals surface area contributed by atoms with E-state index in [2.05, 4.69) is 10.3 Å². The Balaban J connectivity index is 1.76. The zero-order chi connectivity index (χ0) is 19.9. The van der Waals surface area contributed by atoms with E-state index in [1.54, 1.807) is 4.90 Å². The highest BCUT2D eigenvalue weighted by Crippen LogP contribution is 2.18. The average Bonchev–Trinajstić information content (AvgIpc) is 3.19. The zero-order valence-corrected chi connectivity index (χ0v) is 16.3. The van der Waals surface area contributed by atoms with Crippen LogP contribution in [-0.4, -0.2) is 34.8 Å². The van der Waals surface area contributed by atoms with E-state index < -0.39 is 0 Å². The highest BCUT2D eigenvalue weighted by atomic mass is 16.3. The summed E-state index contributed by atoms with van der Waals surface area (Å²) < 4.78 is 5.43.